The zero-order chi connectivity index (χ0) is 19.7. The van der Waals surface area contributed by atoms with Crippen molar-refractivity contribution in [2.75, 3.05) is 5.32 Å². The summed E-state index contributed by atoms with van der Waals surface area (Å²) in [7, 11) is 0. The first-order valence-corrected chi connectivity index (χ1v) is 9.36. The van der Waals surface area contributed by atoms with Crippen LogP contribution in [-0.4, -0.2) is 15.1 Å². The first kappa shape index (κ1) is 18.0. The molecule has 2 heterocycles. The lowest BCUT2D eigenvalue weighted by Crippen LogP contribution is -2.15. The van der Waals surface area contributed by atoms with Gasteiger partial charge in [-0.3, -0.25) is 4.98 Å². The molecule has 4 aromatic rings. The van der Waals surface area contributed by atoms with Crippen LogP contribution in [0.4, 0.5) is 5.82 Å². The summed E-state index contributed by atoms with van der Waals surface area (Å²) in [5.41, 5.74) is 5.94. The Morgan fingerprint density at radius 1 is 0.821 bits per heavy atom. The highest BCUT2D eigenvalue weighted by atomic mass is 16.3. The SMILES string of the molecule is Cc1ccnc(N[C@H](c2cc(C)ccc2C)c2ccc3cccnc3c2O)c1. The van der Waals surface area contributed by atoms with Crippen LogP contribution < -0.4 is 5.32 Å². The van der Waals surface area contributed by atoms with Crippen LogP contribution >= 0.6 is 0 Å². The van der Waals surface area contributed by atoms with Gasteiger partial charge in [0.05, 0.1) is 6.04 Å². The number of fused-ring (bicyclic) bond motifs is 1. The molecule has 0 amide bonds. The number of hydrogen-bond donors (Lipinski definition) is 2. The van der Waals surface area contributed by atoms with Gasteiger partial charge in [0.2, 0.25) is 0 Å². The maximum atomic E-state index is 11.1. The molecule has 0 saturated heterocycles. The molecule has 2 aromatic carbocycles. The highest BCUT2D eigenvalue weighted by Crippen LogP contribution is 2.37. The quantitative estimate of drug-likeness (QED) is 0.501. The molecule has 2 aromatic heterocycles. The van der Waals surface area contributed by atoms with Crippen molar-refractivity contribution in [3.8, 4) is 5.75 Å². The van der Waals surface area contributed by atoms with E-state index in [-0.39, 0.29) is 11.8 Å². The Balaban J connectivity index is 1.90. The molecule has 0 unspecified atom stereocenters. The topological polar surface area (TPSA) is 58.0 Å². The number of nitrogens with zero attached hydrogens (tertiary/aromatic N) is 2. The number of anilines is 1. The van der Waals surface area contributed by atoms with E-state index in [0.29, 0.717) is 5.52 Å². The highest BCUT2D eigenvalue weighted by Gasteiger charge is 2.22. The predicted octanol–water partition coefficient (Wildman–Crippen LogP) is 5.46. The summed E-state index contributed by atoms with van der Waals surface area (Å²) in [6.07, 6.45) is 3.49. The minimum Gasteiger partial charge on any atom is -0.505 e. The Morgan fingerprint density at radius 3 is 2.46 bits per heavy atom. The summed E-state index contributed by atoms with van der Waals surface area (Å²) in [5, 5.41) is 15.5. The molecule has 1 atom stereocenters. The zero-order valence-corrected chi connectivity index (χ0v) is 16.3. The lowest BCUT2D eigenvalue weighted by molar-refractivity contribution is 0.471. The van der Waals surface area contributed by atoms with Crippen molar-refractivity contribution in [2.24, 2.45) is 0 Å². The third-order valence-corrected chi connectivity index (χ3v) is 5.04. The van der Waals surface area contributed by atoms with Crippen LogP contribution in [0.25, 0.3) is 10.9 Å². The number of rotatable bonds is 4. The van der Waals surface area contributed by atoms with E-state index >= 15 is 0 Å². The van der Waals surface area contributed by atoms with Gasteiger partial charge in [0, 0.05) is 23.3 Å². The van der Waals surface area contributed by atoms with Crippen LogP contribution in [-0.2, 0) is 0 Å². The van der Waals surface area contributed by atoms with Crippen LogP contribution in [0.3, 0.4) is 0 Å². The second kappa shape index (κ2) is 7.31. The number of phenols is 1. The number of nitrogens with one attached hydrogen (secondary N) is 1. The summed E-state index contributed by atoms with van der Waals surface area (Å²) < 4.78 is 0. The molecule has 28 heavy (non-hydrogen) atoms. The predicted molar refractivity (Wildman–Crippen MR) is 114 cm³/mol. The van der Waals surface area contributed by atoms with Gasteiger partial charge in [-0.25, -0.2) is 4.98 Å². The van der Waals surface area contributed by atoms with Gasteiger partial charge in [-0.05, 0) is 55.7 Å². The van der Waals surface area contributed by atoms with Gasteiger partial charge in [-0.15, -0.1) is 0 Å². The van der Waals surface area contributed by atoms with E-state index < -0.39 is 0 Å². The van der Waals surface area contributed by atoms with Crippen LogP contribution in [0.2, 0.25) is 0 Å². The second-order valence-electron chi connectivity index (χ2n) is 7.23. The second-order valence-corrected chi connectivity index (χ2v) is 7.23. The largest absolute Gasteiger partial charge is 0.505 e. The number of aromatic hydroxyl groups is 1. The standard InChI is InChI=1S/C24H23N3O/c1-15-6-7-17(3)20(13-15)23(27-21-14-16(2)10-12-25-21)19-9-8-18-5-4-11-26-22(18)24(19)28/h4-14,23,28H,1-3H3,(H,25,27)/t23-/m0/s1. The fraction of sp³-hybridized carbons (Fsp3) is 0.167. The van der Waals surface area contributed by atoms with Crippen molar-refractivity contribution in [3.05, 3.63) is 94.8 Å². The summed E-state index contributed by atoms with van der Waals surface area (Å²) in [5.74, 6) is 0.968. The van der Waals surface area contributed by atoms with Crippen LogP contribution in [0.1, 0.15) is 33.9 Å². The maximum Gasteiger partial charge on any atom is 0.147 e. The molecule has 4 rings (SSSR count). The average molecular weight is 369 g/mol. The highest BCUT2D eigenvalue weighted by molar-refractivity contribution is 5.86. The van der Waals surface area contributed by atoms with Crippen molar-refractivity contribution in [1.82, 2.24) is 9.97 Å². The van der Waals surface area contributed by atoms with Crippen molar-refractivity contribution >= 4 is 16.7 Å². The molecule has 0 spiro atoms. The third kappa shape index (κ3) is 3.41. The van der Waals surface area contributed by atoms with Crippen molar-refractivity contribution in [2.45, 2.75) is 26.8 Å². The van der Waals surface area contributed by atoms with E-state index in [4.69, 9.17) is 0 Å². The summed E-state index contributed by atoms with van der Waals surface area (Å²) in [4.78, 5) is 8.85. The Bertz CT molecular complexity index is 1150. The minimum atomic E-state index is -0.249. The first-order chi connectivity index (χ1) is 13.5. The number of phenolic OH excluding ortho intramolecular Hbond substituents is 1. The Hall–Kier alpha value is -3.40. The lowest BCUT2D eigenvalue weighted by Gasteiger charge is -2.24. The summed E-state index contributed by atoms with van der Waals surface area (Å²) in [6, 6.07) is 17.9. The van der Waals surface area contributed by atoms with Gasteiger partial charge >= 0.3 is 0 Å². The van der Waals surface area contributed by atoms with Crippen LogP contribution in [0.15, 0.2) is 67.0 Å². The molecule has 0 saturated carbocycles. The lowest BCUT2D eigenvalue weighted by atomic mass is 9.92. The maximum absolute atomic E-state index is 11.1. The van der Waals surface area contributed by atoms with E-state index in [1.54, 1.807) is 12.4 Å². The Labute approximate surface area is 164 Å². The van der Waals surface area contributed by atoms with Gasteiger partial charge in [0.25, 0.3) is 0 Å². The van der Waals surface area contributed by atoms with Gasteiger partial charge < -0.3 is 10.4 Å². The van der Waals surface area contributed by atoms with E-state index in [1.165, 1.54) is 5.56 Å². The number of hydrogen-bond acceptors (Lipinski definition) is 4. The number of benzene rings is 2. The van der Waals surface area contributed by atoms with E-state index in [0.717, 1.165) is 33.5 Å². The van der Waals surface area contributed by atoms with Crippen LogP contribution in [0, 0.1) is 20.8 Å². The Kier molecular flexibility index (Phi) is 4.70. The first-order valence-electron chi connectivity index (χ1n) is 9.36. The molecule has 0 aliphatic heterocycles. The number of aromatic nitrogens is 2. The molecule has 4 nitrogen and oxygen atoms in total. The molecule has 0 bridgehead atoms. The summed E-state index contributed by atoms with van der Waals surface area (Å²) >= 11 is 0. The molecule has 0 radical (unpaired) electrons. The van der Waals surface area contributed by atoms with Gasteiger partial charge in [-0.2, -0.15) is 0 Å². The monoisotopic (exact) mass is 369 g/mol. The third-order valence-electron chi connectivity index (χ3n) is 5.04. The van der Waals surface area contributed by atoms with Crippen molar-refractivity contribution in [1.29, 1.82) is 0 Å². The normalized spacial score (nSPS) is 12.1. The van der Waals surface area contributed by atoms with Gasteiger partial charge in [0.1, 0.15) is 17.1 Å². The molecule has 4 heteroatoms. The zero-order valence-electron chi connectivity index (χ0n) is 16.3. The fourth-order valence-corrected chi connectivity index (χ4v) is 3.54. The van der Waals surface area contributed by atoms with Crippen LogP contribution in [0.5, 0.6) is 5.75 Å². The Morgan fingerprint density at radius 2 is 1.64 bits per heavy atom. The van der Waals surface area contributed by atoms with E-state index in [9.17, 15) is 5.11 Å². The van der Waals surface area contributed by atoms with Crippen molar-refractivity contribution in [3.63, 3.8) is 0 Å². The molecular formula is C24H23N3O. The minimum absolute atomic E-state index is 0.198. The molecule has 0 aliphatic rings. The number of aryl methyl sites for hydroxylation is 3. The fourth-order valence-electron chi connectivity index (χ4n) is 3.54. The molecular weight excluding hydrogens is 346 g/mol. The van der Waals surface area contributed by atoms with Gasteiger partial charge in [-0.1, -0.05) is 42.0 Å². The van der Waals surface area contributed by atoms with E-state index in [1.807, 2.05) is 43.3 Å². The molecule has 140 valence electrons. The van der Waals surface area contributed by atoms with Gasteiger partial charge in [0.15, 0.2) is 0 Å². The van der Waals surface area contributed by atoms with E-state index in [2.05, 4.69) is 47.3 Å². The molecule has 0 aliphatic carbocycles. The van der Waals surface area contributed by atoms with Crippen molar-refractivity contribution < 1.29 is 5.11 Å². The molecule has 0 fully saturated rings. The number of pyridine rings is 2. The smallest absolute Gasteiger partial charge is 0.147 e. The average Bonchev–Trinajstić information content (AvgIpc) is 2.69. The summed E-state index contributed by atoms with van der Waals surface area (Å²) in [6.45, 7) is 6.20. The molecule has 2 N–H and O–H groups in total.